The molecule has 0 unspecified atom stereocenters. The molecule has 0 radical (unpaired) electrons. The number of nitrogens with one attached hydrogen (secondary N) is 1. The van der Waals surface area contributed by atoms with Gasteiger partial charge in [0.2, 0.25) is 5.91 Å². The van der Waals surface area contributed by atoms with Gasteiger partial charge in [-0.2, -0.15) is 0 Å². The van der Waals surface area contributed by atoms with Gasteiger partial charge in [0.05, 0.1) is 0 Å². The Kier molecular flexibility index (Phi) is 6.17. The number of amides is 1. The molecule has 0 fully saturated rings. The molecule has 4 nitrogen and oxygen atoms in total. The molecule has 1 rings (SSSR count). The lowest BCUT2D eigenvalue weighted by Gasteiger charge is -2.26. The minimum Gasteiger partial charge on any atom is -0.326 e. The summed E-state index contributed by atoms with van der Waals surface area (Å²) in [5.74, 6) is 0.0475. The number of nitrogens with two attached hydrogens (primary N) is 1. The first kappa shape index (κ1) is 16.7. The maximum Gasteiger partial charge on any atom is 0.225 e. The summed E-state index contributed by atoms with van der Waals surface area (Å²) in [4.78, 5) is 14.1. The molecule has 20 heavy (non-hydrogen) atoms. The molecule has 1 aromatic rings. The van der Waals surface area contributed by atoms with Gasteiger partial charge in [0.1, 0.15) is 0 Å². The molecule has 0 aliphatic rings. The van der Waals surface area contributed by atoms with E-state index in [-0.39, 0.29) is 11.3 Å². The SMILES string of the molecule is CN(CCC(=O)Nc1ccc(CN)cc1)CC(C)(C)C. The van der Waals surface area contributed by atoms with Crippen molar-refractivity contribution in [3.8, 4) is 0 Å². The Bertz CT molecular complexity index is 420. The lowest BCUT2D eigenvalue weighted by atomic mass is 9.96. The van der Waals surface area contributed by atoms with Gasteiger partial charge >= 0.3 is 0 Å². The molecule has 4 heteroatoms. The van der Waals surface area contributed by atoms with Crippen LogP contribution in [-0.2, 0) is 11.3 Å². The lowest BCUT2D eigenvalue weighted by molar-refractivity contribution is -0.116. The van der Waals surface area contributed by atoms with Crippen molar-refractivity contribution in [1.82, 2.24) is 4.90 Å². The molecule has 0 saturated heterocycles. The summed E-state index contributed by atoms with van der Waals surface area (Å²) in [6, 6.07) is 7.64. The van der Waals surface area contributed by atoms with Crippen LogP contribution in [0.25, 0.3) is 0 Å². The Morgan fingerprint density at radius 3 is 2.35 bits per heavy atom. The monoisotopic (exact) mass is 277 g/mol. The van der Waals surface area contributed by atoms with Gasteiger partial charge in [0.15, 0.2) is 0 Å². The predicted octanol–water partition coefficient (Wildman–Crippen LogP) is 2.45. The summed E-state index contributed by atoms with van der Waals surface area (Å²) in [5, 5.41) is 2.91. The van der Waals surface area contributed by atoms with Crippen LogP contribution < -0.4 is 11.1 Å². The van der Waals surface area contributed by atoms with E-state index >= 15 is 0 Å². The summed E-state index contributed by atoms with van der Waals surface area (Å²) < 4.78 is 0. The molecule has 3 N–H and O–H groups in total. The van der Waals surface area contributed by atoms with Crippen LogP contribution in [0.1, 0.15) is 32.8 Å². The fourth-order valence-corrected chi connectivity index (χ4v) is 2.13. The zero-order valence-electron chi connectivity index (χ0n) is 13.1. The van der Waals surface area contributed by atoms with E-state index < -0.39 is 0 Å². The highest BCUT2D eigenvalue weighted by Crippen LogP contribution is 2.14. The molecule has 0 bridgehead atoms. The molecule has 0 spiro atoms. The molecule has 1 aromatic carbocycles. The van der Waals surface area contributed by atoms with Crippen molar-refractivity contribution in [2.45, 2.75) is 33.7 Å². The maximum atomic E-state index is 11.9. The molecular formula is C16H27N3O. The fourth-order valence-electron chi connectivity index (χ4n) is 2.13. The minimum absolute atomic E-state index is 0.0475. The second kappa shape index (κ2) is 7.41. The van der Waals surface area contributed by atoms with Crippen LogP contribution in [0.4, 0.5) is 5.69 Å². The average molecular weight is 277 g/mol. The molecule has 1 amide bonds. The summed E-state index contributed by atoms with van der Waals surface area (Å²) in [6.07, 6.45) is 0.505. The third kappa shape index (κ3) is 6.68. The topological polar surface area (TPSA) is 58.4 Å². The van der Waals surface area contributed by atoms with Crippen LogP contribution in [0, 0.1) is 5.41 Å². The summed E-state index contributed by atoms with van der Waals surface area (Å²) >= 11 is 0. The third-order valence-electron chi connectivity index (χ3n) is 2.94. The van der Waals surface area contributed by atoms with Crippen molar-refractivity contribution in [2.24, 2.45) is 11.1 Å². The van der Waals surface area contributed by atoms with Crippen LogP contribution in [0.5, 0.6) is 0 Å². The summed E-state index contributed by atoms with van der Waals surface area (Å²) in [7, 11) is 2.05. The van der Waals surface area contributed by atoms with E-state index in [1.807, 2.05) is 24.3 Å². The number of hydrogen-bond acceptors (Lipinski definition) is 3. The van der Waals surface area contributed by atoms with Gasteiger partial charge in [-0.05, 0) is 30.2 Å². The fraction of sp³-hybridized carbons (Fsp3) is 0.562. The first-order valence-electron chi connectivity index (χ1n) is 7.07. The molecule has 0 heterocycles. The summed E-state index contributed by atoms with van der Waals surface area (Å²) in [6.45, 7) is 8.86. The Morgan fingerprint density at radius 1 is 1.25 bits per heavy atom. The van der Waals surface area contributed by atoms with Crippen molar-refractivity contribution in [1.29, 1.82) is 0 Å². The lowest BCUT2D eigenvalue weighted by Crippen LogP contribution is -2.31. The van der Waals surface area contributed by atoms with Gasteiger partial charge in [-0.3, -0.25) is 4.79 Å². The van der Waals surface area contributed by atoms with Crippen LogP contribution in [0.3, 0.4) is 0 Å². The predicted molar refractivity (Wildman–Crippen MR) is 84.5 cm³/mol. The maximum absolute atomic E-state index is 11.9. The highest BCUT2D eigenvalue weighted by atomic mass is 16.1. The van der Waals surface area contributed by atoms with Gasteiger partial charge in [-0.25, -0.2) is 0 Å². The van der Waals surface area contributed by atoms with E-state index in [1.165, 1.54) is 0 Å². The van der Waals surface area contributed by atoms with Crippen molar-refractivity contribution in [3.05, 3.63) is 29.8 Å². The van der Waals surface area contributed by atoms with Crippen molar-refractivity contribution >= 4 is 11.6 Å². The molecule has 112 valence electrons. The number of hydrogen-bond donors (Lipinski definition) is 2. The van der Waals surface area contributed by atoms with E-state index in [9.17, 15) is 4.79 Å². The summed E-state index contributed by atoms with van der Waals surface area (Å²) in [5.41, 5.74) is 7.68. The van der Waals surface area contributed by atoms with Gasteiger partial charge in [-0.1, -0.05) is 32.9 Å². The Hall–Kier alpha value is -1.39. The Balaban J connectivity index is 2.36. The van der Waals surface area contributed by atoms with E-state index in [0.717, 1.165) is 24.3 Å². The zero-order chi connectivity index (χ0) is 15.2. The molecule has 0 aliphatic carbocycles. The van der Waals surface area contributed by atoms with Gasteiger partial charge < -0.3 is 16.0 Å². The van der Waals surface area contributed by atoms with E-state index in [4.69, 9.17) is 5.73 Å². The normalized spacial score (nSPS) is 11.7. The minimum atomic E-state index is 0.0475. The highest BCUT2D eigenvalue weighted by molar-refractivity contribution is 5.90. The molecule has 0 saturated carbocycles. The molecule has 0 aromatic heterocycles. The number of rotatable bonds is 6. The second-order valence-corrected chi connectivity index (χ2v) is 6.50. The third-order valence-corrected chi connectivity index (χ3v) is 2.94. The van der Waals surface area contributed by atoms with Gasteiger partial charge in [0, 0.05) is 31.7 Å². The largest absolute Gasteiger partial charge is 0.326 e. The van der Waals surface area contributed by atoms with Gasteiger partial charge in [-0.15, -0.1) is 0 Å². The number of carbonyl (C=O) groups is 1. The zero-order valence-corrected chi connectivity index (χ0v) is 13.1. The number of benzene rings is 1. The standard InChI is InChI=1S/C16H27N3O/c1-16(2,3)12-19(4)10-9-15(20)18-14-7-5-13(11-17)6-8-14/h5-8H,9-12,17H2,1-4H3,(H,18,20). The second-order valence-electron chi connectivity index (χ2n) is 6.50. The highest BCUT2D eigenvalue weighted by Gasteiger charge is 2.14. The average Bonchev–Trinajstić information content (AvgIpc) is 2.35. The molecular weight excluding hydrogens is 250 g/mol. The number of nitrogens with zero attached hydrogens (tertiary/aromatic N) is 1. The first-order chi connectivity index (χ1) is 9.30. The van der Waals surface area contributed by atoms with Crippen molar-refractivity contribution < 1.29 is 4.79 Å². The van der Waals surface area contributed by atoms with Crippen LogP contribution >= 0.6 is 0 Å². The number of anilines is 1. The number of carbonyl (C=O) groups excluding carboxylic acids is 1. The van der Waals surface area contributed by atoms with Crippen molar-refractivity contribution in [2.75, 3.05) is 25.5 Å². The van der Waals surface area contributed by atoms with Crippen LogP contribution in [-0.4, -0.2) is 30.9 Å². The Morgan fingerprint density at radius 2 is 1.85 bits per heavy atom. The van der Waals surface area contributed by atoms with E-state index in [2.05, 4.69) is 38.0 Å². The van der Waals surface area contributed by atoms with Crippen LogP contribution in [0.2, 0.25) is 0 Å². The van der Waals surface area contributed by atoms with Crippen LogP contribution in [0.15, 0.2) is 24.3 Å². The van der Waals surface area contributed by atoms with E-state index in [0.29, 0.717) is 13.0 Å². The molecule has 0 atom stereocenters. The van der Waals surface area contributed by atoms with E-state index in [1.54, 1.807) is 0 Å². The first-order valence-corrected chi connectivity index (χ1v) is 7.07. The molecule has 0 aliphatic heterocycles. The van der Waals surface area contributed by atoms with Gasteiger partial charge in [0.25, 0.3) is 0 Å². The smallest absolute Gasteiger partial charge is 0.225 e. The quantitative estimate of drug-likeness (QED) is 0.839. The Labute approximate surface area is 122 Å². The van der Waals surface area contributed by atoms with Crippen molar-refractivity contribution in [3.63, 3.8) is 0 Å².